The molecule has 42 heavy (non-hydrogen) atoms. The normalized spacial score (nSPS) is 15.3. The smallest absolute Gasteiger partial charge is 0.348 e. The summed E-state index contributed by atoms with van der Waals surface area (Å²) in [5, 5.41) is 0. The maximum atomic E-state index is 11.8. The summed E-state index contributed by atoms with van der Waals surface area (Å²) in [6, 6.07) is 21.2. The molecule has 2 atom stereocenters. The van der Waals surface area contributed by atoms with Crippen molar-refractivity contribution in [2.75, 3.05) is 14.2 Å². The van der Waals surface area contributed by atoms with Crippen LogP contribution in [-0.2, 0) is 22.5 Å². The number of hydrogen-bond acceptors (Lipinski definition) is 5. The highest BCUT2D eigenvalue weighted by atomic mass is 32.1. The van der Waals surface area contributed by atoms with E-state index in [1.807, 2.05) is 25.1 Å². The van der Waals surface area contributed by atoms with Gasteiger partial charge in [0, 0.05) is 10.5 Å². The molecule has 0 saturated heterocycles. The zero-order valence-corrected chi connectivity index (χ0v) is 26.4. The highest BCUT2D eigenvalue weighted by Crippen LogP contribution is 2.42. The SMILES string of the molecule is CC#CC1=C(c2ccc(C(CCCCC)OCc3ccc(OC)cc3)cc2)C(CCCc2ccc(C(=O)OC)s2)CC1. The summed E-state index contributed by atoms with van der Waals surface area (Å²) < 4.78 is 16.7. The molecule has 0 amide bonds. The maximum Gasteiger partial charge on any atom is 0.348 e. The maximum absolute atomic E-state index is 11.8. The first-order chi connectivity index (χ1) is 20.6. The van der Waals surface area contributed by atoms with E-state index in [-0.39, 0.29) is 12.1 Å². The Morgan fingerprint density at radius 3 is 2.48 bits per heavy atom. The molecule has 0 radical (unpaired) electrons. The number of carbonyl (C=O) groups excluding carboxylic acids is 1. The minimum atomic E-state index is -0.253. The van der Waals surface area contributed by atoms with Gasteiger partial charge in [0.2, 0.25) is 0 Å². The highest BCUT2D eigenvalue weighted by Gasteiger charge is 2.26. The van der Waals surface area contributed by atoms with Crippen LogP contribution in [0.25, 0.3) is 5.57 Å². The molecule has 0 saturated carbocycles. The van der Waals surface area contributed by atoms with Crippen LogP contribution < -0.4 is 4.74 Å². The standard InChI is InChI=1S/C37H44O4S/c1-5-7-8-13-34(41-26-27-14-22-32(39-3)23-15-27)28-16-18-31(19-17-28)36-29(10-6-2)20-21-30(36)11-9-12-33-24-25-35(42-33)37(38)40-4/h14-19,22-25,30,34H,5,7-9,11-13,20-21,26H2,1-4H3. The quantitative estimate of drug-likeness (QED) is 0.101. The van der Waals surface area contributed by atoms with Crippen LogP contribution in [-0.4, -0.2) is 20.2 Å². The molecule has 5 heteroatoms. The molecule has 2 aromatic carbocycles. The van der Waals surface area contributed by atoms with E-state index in [4.69, 9.17) is 14.2 Å². The van der Waals surface area contributed by atoms with E-state index in [1.165, 1.54) is 47.1 Å². The van der Waals surface area contributed by atoms with E-state index in [0.717, 1.165) is 56.3 Å². The van der Waals surface area contributed by atoms with Crippen molar-refractivity contribution >= 4 is 22.9 Å². The molecule has 222 valence electrons. The Kier molecular flexibility index (Phi) is 12.3. The van der Waals surface area contributed by atoms with E-state index in [9.17, 15) is 4.79 Å². The van der Waals surface area contributed by atoms with Crippen molar-refractivity contribution in [3.05, 3.63) is 92.7 Å². The number of ether oxygens (including phenoxy) is 3. The number of thiophene rings is 1. The third kappa shape index (κ3) is 8.60. The minimum Gasteiger partial charge on any atom is -0.497 e. The zero-order valence-electron chi connectivity index (χ0n) is 25.5. The van der Waals surface area contributed by atoms with Gasteiger partial charge in [-0.3, -0.25) is 0 Å². The average molecular weight is 585 g/mol. The van der Waals surface area contributed by atoms with Crippen LogP contribution >= 0.6 is 11.3 Å². The van der Waals surface area contributed by atoms with E-state index >= 15 is 0 Å². The Morgan fingerprint density at radius 2 is 1.79 bits per heavy atom. The van der Waals surface area contributed by atoms with Gasteiger partial charge in [0.15, 0.2) is 0 Å². The fourth-order valence-electron chi connectivity index (χ4n) is 5.79. The van der Waals surface area contributed by atoms with E-state index in [1.54, 1.807) is 18.4 Å². The second-order valence-electron chi connectivity index (χ2n) is 10.9. The second kappa shape index (κ2) is 16.3. The van der Waals surface area contributed by atoms with Gasteiger partial charge in [-0.05, 0) is 97.9 Å². The molecule has 1 aromatic heterocycles. The third-order valence-electron chi connectivity index (χ3n) is 8.05. The zero-order chi connectivity index (χ0) is 29.7. The lowest BCUT2D eigenvalue weighted by Gasteiger charge is -2.20. The number of unbranched alkanes of at least 4 members (excludes halogenated alkanes) is 2. The molecule has 0 N–H and O–H groups in total. The van der Waals surface area contributed by atoms with E-state index in [2.05, 4.69) is 61.2 Å². The fourth-order valence-corrected chi connectivity index (χ4v) is 6.76. The second-order valence-corrected chi connectivity index (χ2v) is 12.1. The number of rotatable bonds is 15. The number of esters is 1. The van der Waals surface area contributed by atoms with Crippen molar-refractivity contribution in [2.24, 2.45) is 5.92 Å². The molecule has 1 aliphatic carbocycles. The highest BCUT2D eigenvalue weighted by molar-refractivity contribution is 7.13. The Bertz CT molecular complexity index is 1370. The molecule has 1 heterocycles. The number of aryl methyl sites for hydroxylation is 1. The first kappa shape index (κ1) is 31.6. The Balaban J connectivity index is 1.44. The summed E-state index contributed by atoms with van der Waals surface area (Å²) >= 11 is 1.54. The summed E-state index contributed by atoms with van der Waals surface area (Å²) in [4.78, 5) is 13.7. The lowest BCUT2D eigenvalue weighted by atomic mass is 9.88. The van der Waals surface area contributed by atoms with Crippen molar-refractivity contribution in [1.29, 1.82) is 0 Å². The number of methoxy groups -OCH3 is 2. The van der Waals surface area contributed by atoms with Crippen molar-refractivity contribution in [3.63, 3.8) is 0 Å². The van der Waals surface area contributed by atoms with E-state index < -0.39 is 0 Å². The molecule has 3 aromatic rings. The summed E-state index contributed by atoms with van der Waals surface area (Å²) in [5.74, 6) is 7.68. The largest absolute Gasteiger partial charge is 0.497 e. The molecule has 4 nitrogen and oxygen atoms in total. The molecular weight excluding hydrogens is 540 g/mol. The molecule has 0 spiro atoms. The average Bonchev–Trinajstić information content (AvgIpc) is 3.66. The fraction of sp³-hybridized carbons (Fsp3) is 0.432. The Hall–Kier alpha value is -3.33. The van der Waals surface area contributed by atoms with Crippen LogP contribution in [0.15, 0.2) is 66.2 Å². The van der Waals surface area contributed by atoms with Crippen LogP contribution in [0.1, 0.15) is 103 Å². The summed E-state index contributed by atoms with van der Waals surface area (Å²) in [7, 11) is 3.12. The van der Waals surface area contributed by atoms with Crippen molar-refractivity contribution in [3.8, 4) is 17.6 Å². The Morgan fingerprint density at radius 1 is 1.00 bits per heavy atom. The van der Waals surface area contributed by atoms with Crippen molar-refractivity contribution in [2.45, 2.75) is 84.3 Å². The van der Waals surface area contributed by atoms with Gasteiger partial charge in [-0.25, -0.2) is 4.79 Å². The first-order valence-electron chi connectivity index (χ1n) is 15.2. The van der Waals surface area contributed by atoms with Gasteiger partial charge >= 0.3 is 5.97 Å². The molecular formula is C37H44O4S. The summed E-state index contributed by atoms with van der Waals surface area (Å²) in [6.45, 7) is 4.75. The number of allylic oxidation sites excluding steroid dienone is 2. The molecule has 2 unspecified atom stereocenters. The van der Waals surface area contributed by atoms with Gasteiger partial charge in [-0.2, -0.15) is 0 Å². The van der Waals surface area contributed by atoms with Crippen LogP contribution in [0.2, 0.25) is 0 Å². The van der Waals surface area contributed by atoms with Gasteiger partial charge in [0.25, 0.3) is 0 Å². The predicted molar refractivity (Wildman–Crippen MR) is 173 cm³/mol. The molecule has 1 aliphatic rings. The van der Waals surface area contributed by atoms with Crippen LogP contribution in [0, 0.1) is 17.8 Å². The number of hydrogen-bond donors (Lipinski definition) is 0. The van der Waals surface area contributed by atoms with E-state index in [0.29, 0.717) is 17.4 Å². The van der Waals surface area contributed by atoms with Gasteiger partial charge in [-0.15, -0.1) is 17.3 Å². The number of benzene rings is 2. The van der Waals surface area contributed by atoms with Crippen LogP contribution in [0.3, 0.4) is 0 Å². The minimum absolute atomic E-state index is 0.0663. The van der Waals surface area contributed by atoms with Crippen LogP contribution in [0.4, 0.5) is 0 Å². The third-order valence-corrected chi connectivity index (χ3v) is 9.17. The molecule has 0 aliphatic heterocycles. The van der Waals surface area contributed by atoms with Crippen LogP contribution in [0.5, 0.6) is 5.75 Å². The van der Waals surface area contributed by atoms with Gasteiger partial charge in [0.05, 0.1) is 26.9 Å². The molecule has 0 fully saturated rings. The predicted octanol–water partition coefficient (Wildman–Crippen LogP) is 9.59. The summed E-state index contributed by atoms with van der Waals surface area (Å²) in [6.07, 6.45) is 10.00. The topological polar surface area (TPSA) is 44.8 Å². The molecule has 0 bridgehead atoms. The number of carbonyl (C=O) groups is 1. The monoisotopic (exact) mass is 584 g/mol. The first-order valence-corrected chi connectivity index (χ1v) is 16.1. The lowest BCUT2D eigenvalue weighted by molar-refractivity contribution is 0.0322. The van der Waals surface area contributed by atoms with Crippen molar-refractivity contribution in [1.82, 2.24) is 0 Å². The summed E-state index contributed by atoms with van der Waals surface area (Å²) in [5.41, 5.74) is 6.37. The van der Waals surface area contributed by atoms with Crippen molar-refractivity contribution < 1.29 is 19.0 Å². The Labute approximate surface area is 256 Å². The lowest BCUT2D eigenvalue weighted by Crippen LogP contribution is -2.06. The van der Waals surface area contributed by atoms with Gasteiger partial charge in [0.1, 0.15) is 10.6 Å². The van der Waals surface area contributed by atoms with Gasteiger partial charge < -0.3 is 14.2 Å². The molecule has 4 rings (SSSR count). The van der Waals surface area contributed by atoms with Gasteiger partial charge in [-0.1, -0.05) is 68.5 Å².